The fourth-order valence-corrected chi connectivity index (χ4v) is 1.31. The first kappa shape index (κ1) is 14.2. The van der Waals surface area contributed by atoms with Crippen LogP contribution in [0.5, 0.6) is 0 Å². The second kappa shape index (κ2) is 5.22. The molecule has 98 valence electrons. The summed E-state index contributed by atoms with van der Waals surface area (Å²) in [5.41, 5.74) is -1.67. The van der Waals surface area contributed by atoms with Crippen molar-refractivity contribution < 1.29 is 19.1 Å². The first-order valence-corrected chi connectivity index (χ1v) is 5.38. The molecule has 0 heterocycles. The van der Waals surface area contributed by atoms with Crippen molar-refractivity contribution in [1.82, 2.24) is 5.32 Å². The van der Waals surface area contributed by atoms with E-state index in [1.807, 2.05) is 0 Å². The second-order valence-corrected chi connectivity index (χ2v) is 4.51. The average Bonchev–Trinajstić information content (AvgIpc) is 2.22. The molecule has 0 aromatic heterocycles. The molecule has 1 aromatic rings. The van der Waals surface area contributed by atoms with Crippen LogP contribution in [0.4, 0.5) is 14.9 Å². The summed E-state index contributed by atoms with van der Waals surface area (Å²) in [5, 5.41) is 13.2. The topological polar surface area (TPSA) is 78.4 Å². The molecule has 0 unspecified atom stereocenters. The predicted octanol–water partition coefficient (Wildman–Crippen LogP) is 2.46. The molecule has 0 aliphatic rings. The van der Waals surface area contributed by atoms with E-state index in [1.165, 1.54) is 26.0 Å². The minimum atomic E-state index is -1.47. The molecule has 1 rings (SSSR count). The van der Waals surface area contributed by atoms with Crippen LogP contribution < -0.4 is 10.6 Å². The number of benzene rings is 1. The summed E-state index contributed by atoms with van der Waals surface area (Å²) in [7, 11) is 0. The number of anilines is 1. The van der Waals surface area contributed by atoms with Crippen LogP contribution in [0.2, 0.25) is 5.02 Å². The van der Waals surface area contributed by atoms with Gasteiger partial charge in [0, 0.05) is 0 Å². The van der Waals surface area contributed by atoms with Crippen molar-refractivity contribution in [2.24, 2.45) is 0 Å². The highest BCUT2D eigenvalue weighted by Gasteiger charge is 2.29. The van der Waals surface area contributed by atoms with Gasteiger partial charge in [0.2, 0.25) is 0 Å². The fourth-order valence-electron chi connectivity index (χ4n) is 1.10. The van der Waals surface area contributed by atoms with E-state index in [4.69, 9.17) is 16.7 Å². The standard InChI is InChI=1S/C11H12ClFN2O3/c1-11(2,9(16)17)15-10(18)14-8-6(12)4-3-5-7(8)13/h3-5H,1-2H3,(H,16,17)(H2,14,15,18). The SMILES string of the molecule is CC(C)(NC(=O)Nc1c(F)cccc1Cl)C(=O)O. The Balaban J connectivity index is 2.80. The molecule has 0 fully saturated rings. The Bertz CT molecular complexity index is 471. The second-order valence-electron chi connectivity index (χ2n) is 4.11. The molecule has 0 aliphatic heterocycles. The molecule has 0 atom stereocenters. The first-order valence-electron chi connectivity index (χ1n) is 5.00. The van der Waals surface area contributed by atoms with E-state index in [9.17, 15) is 14.0 Å². The molecule has 3 N–H and O–H groups in total. The quantitative estimate of drug-likeness (QED) is 0.792. The lowest BCUT2D eigenvalue weighted by molar-refractivity contribution is -0.142. The number of carbonyl (C=O) groups excluding carboxylic acids is 1. The largest absolute Gasteiger partial charge is 0.480 e. The summed E-state index contributed by atoms with van der Waals surface area (Å²) >= 11 is 5.71. The van der Waals surface area contributed by atoms with Gasteiger partial charge in [-0.1, -0.05) is 17.7 Å². The lowest BCUT2D eigenvalue weighted by atomic mass is 10.1. The van der Waals surface area contributed by atoms with Crippen molar-refractivity contribution in [2.45, 2.75) is 19.4 Å². The molecular weight excluding hydrogens is 263 g/mol. The lowest BCUT2D eigenvalue weighted by Crippen LogP contribution is -2.51. The Labute approximate surface area is 108 Å². The molecule has 7 heteroatoms. The van der Waals surface area contributed by atoms with Gasteiger partial charge < -0.3 is 15.7 Å². The molecule has 0 saturated heterocycles. The number of amides is 2. The van der Waals surface area contributed by atoms with Gasteiger partial charge in [-0.15, -0.1) is 0 Å². The molecule has 5 nitrogen and oxygen atoms in total. The van der Waals surface area contributed by atoms with Gasteiger partial charge >= 0.3 is 12.0 Å². The van der Waals surface area contributed by atoms with Gasteiger partial charge in [0.15, 0.2) is 0 Å². The van der Waals surface area contributed by atoms with Crippen molar-refractivity contribution in [3.8, 4) is 0 Å². The summed E-state index contributed by atoms with van der Waals surface area (Å²) in [6, 6.07) is 3.07. The normalized spacial score (nSPS) is 10.9. The van der Waals surface area contributed by atoms with Gasteiger partial charge in [0.1, 0.15) is 11.4 Å². The van der Waals surface area contributed by atoms with E-state index >= 15 is 0 Å². The zero-order valence-corrected chi connectivity index (χ0v) is 10.5. The Morgan fingerprint density at radius 1 is 1.39 bits per heavy atom. The third-order valence-corrected chi connectivity index (χ3v) is 2.48. The number of hydrogen-bond acceptors (Lipinski definition) is 2. The predicted molar refractivity (Wildman–Crippen MR) is 65.3 cm³/mol. The number of urea groups is 1. The third-order valence-electron chi connectivity index (χ3n) is 2.16. The minimum Gasteiger partial charge on any atom is -0.480 e. The van der Waals surface area contributed by atoms with Gasteiger partial charge in [0.05, 0.1) is 10.7 Å². The summed E-state index contributed by atoms with van der Waals surface area (Å²) < 4.78 is 13.4. The zero-order valence-electron chi connectivity index (χ0n) is 9.75. The molecule has 0 spiro atoms. The number of aliphatic carboxylic acids is 1. The highest BCUT2D eigenvalue weighted by atomic mass is 35.5. The van der Waals surface area contributed by atoms with Crippen LogP contribution in [0.1, 0.15) is 13.8 Å². The Morgan fingerprint density at radius 3 is 2.50 bits per heavy atom. The lowest BCUT2D eigenvalue weighted by Gasteiger charge is -2.21. The number of carboxylic acids is 1. The van der Waals surface area contributed by atoms with Crippen LogP contribution >= 0.6 is 11.6 Å². The number of rotatable bonds is 3. The average molecular weight is 275 g/mol. The zero-order chi connectivity index (χ0) is 13.9. The summed E-state index contributed by atoms with van der Waals surface area (Å²) in [4.78, 5) is 22.3. The van der Waals surface area contributed by atoms with Crippen LogP contribution in [0.15, 0.2) is 18.2 Å². The molecule has 1 aromatic carbocycles. The van der Waals surface area contributed by atoms with Gasteiger partial charge in [-0.25, -0.2) is 14.0 Å². The van der Waals surface area contributed by atoms with Crippen molar-refractivity contribution >= 4 is 29.3 Å². The fraction of sp³-hybridized carbons (Fsp3) is 0.273. The van der Waals surface area contributed by atoms with Crippen molar-refractivity contribution in [3.63, 3.8) is 0 Å². The van der Waals surface area contributed by atoms with Crippen LogP contribution in [0, 0.1) is 5.82 Å². The maximum Gasteiger partial charge on any atom is 0.328 e. The molecular formula is C11H12ClFN2O3. The minimum absolute atomic E-state index is 0.0262. The number of carboxylic acid groups (broad SMARTS) is 1. The summed E-state index contributed by atoms with van der Waals surface area (Å²) in [5.74, 6) is -1.91. The highest BCUT2D eigenvalue weighted by molar-refractivity contribution is 6.33. The number of halogens is 2. The van der Waals surface area contributed by atoms with E-state index in [0.717, 1.165) is 6.07 Å². The molecule has 0 saturated carbocycles. The first-order chi connectivity index (χ1) is 8.24. The Morgan fingerprint density at radius 2 is 2.00 bits per heavy atom. The van der Waals surface area contributed by atoms with Crippen molar-refractivity contribution in [1.29, 1.82) is 0 Å². The number of carbonyl (C=O) groups is 2. The number of para-hydroxylation sites is 1. The summed E-state index contributed by atoms with van der Waals surface area (Å²) in [6.45, 7) is 2.61. The van der Waals surface area contributed by atoms with Gasteiger partial charge in [0.25, 0.3) is 0 Å². The van der Waals surface area contributed by atoms with E-state index in [2.05, 4.69) is 10.6 Å². The monoisotopic (exact) mass is 274 g/mol. The van der Waals surface area contributed by atoms with Gasteiger partial charge in [-0.05, 0) is 26.0 Å². The molecule has 0 radical (unpaired) electrons. The number of hydrogen-bond donors (Lipinski definition) is 3. The van der Waals surface area contributed by atoms with Crippen LogP contribution in [0.25, 0.3) is 0 Å². The van der Waals surface area contributed by atoms with E-state index in [0.29, 0.717) is 0 Å². The summed E-state index contributed by atoms with van der Waals surface area (Å²) in [6.07, 6.45) is 0. The van der Waals surface area contributed by atoms with Crippen molar-refractivity contribution in [2.75, 3.05) is 5.32 Å². The molecule has 18 heavy (non-hydrogen) atoms. The third kappa shape index (κ3) is 3.33. The Kier molecular flexibility index (Phi) is 4.13. The maximum atomic E-state index is 13.4. The van der Waals surface area contributed by atoms with Crippen molar-refractivity contribution in [3.05, 3.63) is 29.0 Å². The van der Waals surface area contributed by atoms with Crippen LogP contribution in [-0.2, 0) is 4.79 Å². The maximum absolute atomic E-state index is 13.4. The molecule has 0 aliphatic carbocycles. The number of nitrogens with one attached hydrogen (secondary N) is 2. The van der Waals surface area contributed by atoms with Crippen LogP contribution in [-0.4, -0.2) is 22.6 Å². The molecule has 2 amide bonds. The molecule has 0 bridgehead atoms. The highest BCUT2D eigenvalue weighted by Crippen LogP contribution is 2.24. The van der Waals surface area contributed by atoms with E-state index in [-0.39, 0.29) is 10.7 Å². The van der Waals surface area contributed by atoms with Crippen LogP contribution in [0.3, 0.4) is 0 Å². The van der Waals surface area contributed by atoms with Gasteiger partial charge in [-0.3, -0.25) is 0 Å². The van der Waals surface area contributed by atoms with Gasteiger partial charge in [-0.2, -0.15) is 0 Å². The van der Waals surface area contributed by atoms with E-state index < -0.39 is 23.4 Å². The van der Waals surface area contributed by atoms with E-state index in [1.54, 1.807) is 0 Å². The smallest absolute Gasteiger partial charge is 0.328 e. The Hall–Kier alpha value is -1.82.